The van der Waals surface area contributed by atoms with E-state index in [9.17, 15) is 14.4 Å². The maximum atomic E-state index is 13.0. The summed E-state index contributed by atoms with van der Waals surface area (Å²) in [6, 6.07) is 14.5. The Morgan fingerprint density at radius 2 is 1.74 bits per heavy atom. The van der Waals surface area contributed by atoms with Gasteiger partial charge >= 0.3 is 5.97 Å². The summed E-state index contributed by atoms with van der Waals surface area (Å²) in [5.74, 6) is -0.0569. The van der Waals surface area contributed by atoms with Crippen molar-refractivity contribution in [1.82, 2.24) is 9.47 Å². The van der Waals surface area contributed by atoms with Crippen molar-refractivity contribution in [3.8, 4) is 5.75 Å². The van der Waals surface area contributed by atoms with Gasteiger partial charge in [0.1, 0.15) is 5.75 Å². The molecular formula is C29H33N3O5S. The fourth-order valence-electron chi connectivity index (χ4n) is 4.47. The number of rotatable bonds is 7. The van der Waals surface area contributed by atoms with Crippen LogP contribution in [-0.4, -0.2) is 54.1 Å². The molecule has 9 heteroatoms. The van der Waals surface area contributed by atoms with Gasteiger partial charge in [0.05, 0.1) is 26.2 Å². The molecule has 0 aliphatic carbocycles. The highest BCUT2D eigenvalue weighted by Gasteiger charge is 2.28. The van der Waals surface area contributed by atoms with Gasteiger partial charge in [0.15, 0.2) is 4.80 Å². The minimum atomic E-state index is -0.327. The van der Waals surface area contributed by atoms with Crippen LogP contribution >= 0.6 is 11.3 Å². The lowest BCUT2D eigenvalue weighted by atomic mass is 9.96. The fraction of sp³-hybridized carbons (Fsp3) is 0.379. The zero-order valence-corrected chi connectivity index (χ0v) is 23.0. The number of methoxy groups -OCH3 is 1. The number of aryl methyl sites for hydroxylation is 1. The monoisotopic (exact) mass is 535 g/mol. The Kier molecular flexibility index (Phi) is 8.78. The Hall–Kier alpha value is -3.72. The Morgan fingerprint density at radius 1 is 1.03 bits per heavy atom. The maximum absolute atomic E-state index is 13.0. The molecule has 1 saturated heterocycles. The fourth-order valence-corrected chi connectivity index (χ4v) is 5.44. The molecule has 0 spiro atoms. The summed E-state index contributed by atoms with van der Waals surface area (Å²) in [4.78, 5) is 45.8. The summed E-state index contributed by atoms with van der Waals surface area (Å²) in [6.07, 6.45) is 1.24. The minimum Gasteiger partial charge on any atom is -0.497 e. The molecule has 38 heavy (non-hydrogen) atoms. The number of nitrogens with zero attached hydrogens (tertiary/aromatic N) is 3. The topological polar surface area (TPSA) is 90.2 Å². The lowest BCUT2D eigenvalue weighted by molar-refractivity contribution is -0.149. The van der Waals surface area contributed by atoms with E-state index >= 15 is 0 Å². The summed E-state index contributed by atoms with van der Waals surface area (Å²) in [6.45, 7) is 7.81. The normalized spacial score (nSPS) is 14.4. The predicted octanol–water partition coefficient (Wildman–Crippen LogP) is 4.38. The highest BCUT2D eigenvalue weighted by molar-refractivity contribution is 7.09. The zero-order chi connectivity index (χ0) is 27.2. The number of thiazole rings is 1. The molecule has 8 nitrogen and oxygen atoms in total. The summed E-state index contributed by atoms with van der Waals surface area (Å²) in [5, 5.41) is 0. The summed E-state index contributed by atoms with van der Waals surface area (Å²) < 4.78 is 12.4. The quantitative estimate of drug-likeness (QED) is 0.419. The number of benzene rings is 2. The van der Waals surface area contributed by atoms with Gasteiger partial charge in [-0.25, -0.2) is 0 Å². The number of likely N-dealkylation sites (tertiary alicyclic amines) is 1. The molecular weight excluding hydrogens is 502 g/mol. The number of hydrogen-bond acceptors (Lipinski definition) is 6. The third-order valence-corrected chi connectivity index (χ3v) is 7.94. The van der Waals surface area contributed by atoms with Crippen molar-refractivity contribution in [3.63, 3.8) is 0 Å². The molecule has 2 amide bonds. The van der Waals surface area contributed by atoms with Crippen LogP contribution in [0.15, 0.2) is 53.5 Å². The van der Waals surface area contributed by atoms with Crippen LogP contribution in [0.2, 0.25) is 0 Å². The highest BCUT2D eigenvalue weighted by atomic mass is 32.1. The number of ether oxygens (including phenoxy) is 2. The molecule has 3 aromatic rings. The maximum Gasteiger partial charge on any atom is 0.309 e. The summed E-state index contributed by atoms with van der Waals surface area (Å²) in [7, 11) is 1.56. The van der Waals surface area contributed by atoms with Crippen molar-refractivity contribution >= 4 is 29.1 Å². The van der Waals surface area contributed by atoms with Crippen LogP contribution in [0, 0.1) is 19.8 Å². The Bertz CT molecular complexity index is 1380. The first-order valence-corrected chi connectivity index (χ1v) is 13.6. The van der Waals surface area contributed by atoms with Gasteiger partial charge in [-0.3, -0.25) is 14.4 Å². The van der Waals surface area contributed by atoms with E-state index in [0.717, 1.165) is 16.1 Å². The van der Waals surface area contributed by atoms with Gasteiger partial charge in [-0.05, 0) is 69.5 Å². The van der Waals surface area contributed by atoms with E-state index in [2.05, 4.69) is 4.99 Å². The molecule has 2 heterocycles. The van der Waals surface area contributed by atoms with Gasteiger partial charge in [0, 0.05) is 34.8 Å². The van der Waals surface area contributed by atoms with Crippen LogP contribution in [0.4, 0.5) is 0 Å². The van der Waals surface area contributed by atoms with E-state index in [1.54, 1.807) is 43.2 Å². The van der Waals surface area contributed by atoms with Crippen LogP contribution in [0.3, 0.4) is 0 Å². The molecule has 200 valence electrons. The Labute approximate surface area is 226 Å². The standard InChI is InChI=1S/C29H33N3O5S/c1-5-37-28(35)23-13-15-31(16-14-23)27(34)22-11-9-21(10-12-22)18-32-19(2)20(3)38-29(32)30-26(33)24-7-6-8-25(17-24)36-4/h6-12,17,23H,5,13-16,18H2,1-4H3. The molecule has 2 aromatic carbocycles. The predicted molar refractivity (Wildman–Crippen MR) is 145 cm³/mol. The van der Waals surface area contributed by atoms with Crippen molar-refractivity contribution in [2.24, 2.45) is 10.9 Å². The molecule has 1 aliphatic rings. The number of piperidine rings is 1. The van der Waals surface area contributed by atoms with Crippen molar-refractivity contribution in [1.29, 1.82) is 0 Å². The lowest BCUT2D eigenvalue weighted by Gasteiger charge is -2.31. The zero-order valence-electron chi connectivity index (χ0n) is 22.2. The van der Waals surface area contributed by atoms with E-state index in [1.807, 2.05) is 42.7 Å². The van der Waals surface area contributed by atoms with Crippen LogP contribution in [0.5, 0.6) is 5.75 Å². The number of carbonyl (C=O) groups is 3. The molecule has 0 bridgehead atoms. The second kappa shape index (κ2) is 12.2. The number of esters is 1. The van der Waals surface area contributed by atoms with Crippen LogP contribution in [0.1, 0.15) is 56.6 Å². The van der Waals surface area contributed by atoms with E-state index in [0.29, 0.717) is 60.8 Å². The van der Waals surface area contributed by atoms with E-state index in [1.165, 1.54) is 11.3 Å². The largest absolute Gasteiger partial charge is 0.497 e. The van der Waals surface area contributed by atoms with E-state index in [-0.39, 0.29) is 23.7 Å². The SMILES string of the molecule is CCOC(=O)C1CCN(C(=O)c2ccc(Cn3c(C)c(C)sc3=NC(=O)c3cccc(OC)c3)cc2)CC1. The molecule has 1 fully saturated rings. The van der Waals surface area contributed by atoms with Gasteiger partial charge in [0.25, 0.3) is 11.8 Å². The number of amides is 2. The first-order chi connectivity index (χ1) is 18.3. The van der Waals surface area contributed by atoms with Crippen molar-refractivity contribution in [3.05, 3.63) is 80.6 Å². The Morgan fingerprint density at radius 3 is 2.39 bits per heavy atom. The van der Waals surface area contributed by atoms with Crippen LogP contribution in [-0.2, 0) is 16.1 Å². The van der Waals surface area contributed by atoms with E-state index < -0.39 is 0 Å². The van der Waals surface area contributed by atoms with Crippen LogP contribution < -0.4 is 9.54 Å². The molecule has 1 aliphatic heterocycles. The Balaban J connectivity index is 1.46. The van der Waals surface area contributed by atoms with Gasteiger partial charge in [-0.2, -0.15) is 4.99 Å². The number of carbonyl (C=O) groups excluding carboxylic acids is 3. The average molecular weight is 536 g/mol. The molecule has 0 unspecified atom stereocenters. The molecule has 0 radical (unpaired) electrons. The van der Waals surface area contributed by atoms with Crippen molar-refractivity contribution in [2.75, 3.05) is 26.8 Å². The molecule has 0 N–H and O–H groups in total. The number of aromatic nitrogens is 1. The van der Waals surface area contributed by atoms with E-state index in [4.69, 9.17) is 9.47 Å². The highest BCUT2D eigenvalue weighted by Crippen LogP contribution is 2.21. The van der Waals surface area contributed by atoms with Crippen molar-refractivity contribution in [2.45, 2.75) is 40.2 Å². The molecule has 4 rings (SSSR count). The first-order valence-electron chi connectivity index (χ1n) is 12.8. The average Bonchev–Trinajstić information content (AvgIpc) is 3.20. The third kappa shape index (κ3) is 6.22. The number of hydrogen-bond donors (Lipinski definition) is 0. The minimum absolute atomic E-state index is 0.0337. The van der Waals surface area contributed by atoms with Gasteiger partial charge in [0.2, 0.25) is 0 Å². The second-order valence-electron chi connectivity index (χ2n) is 9.28. The smallest absolute Gasteiger partial charge is 0.309 e. The van der Waals surface area contributed by atoms with Gasteiger partial charge in [-0.15, -0.1) is 11.3 Å². The molecule has 1 aromatic heterocycles. The van der Waals surface area contributed by atoms with Gasteiger partial charge < -0.3 is 18.9 Å². The van der Waals surface area contributed by atoms with Crippen LogP contribution in [0.25, 0.3) is 0 Å². The summed E-state index contributed by atoms with van der Waals surface area (Å²) in [5.41, 5.74) is 3.12. The molecule has 0 saturated carbocycles. The third-order valence-electron chi connectivity index (χ3n) is 6.85. The second-order valence-corrected chi connectivity index (χ2v) is 10.5. The molecule has 0 atom stereocenters. The van der Waals surface area contributed by atoms with Gasteiger partial charge in [-0.1, -0.05) is 18.2 Å². The summed E-state index contributed by atoms with van der Waals surface area (Å²) >= 11 is 1.48. The first kappa shape index (κ1) is 27.3. The lowest BCUT2D eigenvalue weighted by Crippen LogP contribution is -2.40. The van der Waals surface area contributed by atoms with Crippen molar-refractivity contribution < 1.29 is 23.9 Å².